The molecule has 2 fully saturated rings. The summed E-state index contributed by atoms with van der Waals surface area (Å²) in [4.78, 5) is 11.4. The van der Waals surface area contributed by atoms with Gasteiger partial charge in [-0.05, 0) is 39.8 Å². The van der Waals surface area contributed by atoms with Gasteiger partial charge in [0.05, 0.1) is 18.3 Å². The summed E-state index contributed by atoms with van der Waals surface area (Å²) in [7, 11) is 0. The largest absolute Gasteiger partial charge is 0.508 e. The van der Waals surface area contributed by atoms with Gasteiger partial charge in [-0.25, -0.2) is 4.79 Å². The highest BCUT2D eigenvalue weighted by molar-refractivity contribution is 5.60. The molecule has 0 saturated carbocycles. The van der Waals surface area contributed by atoms with Crippen LogP contribution in [0.25, 0.3) is 0 Å². The Morgan fingerprint density at radius 3 is 2.76 bits per heavy atom. The number of carbonyl (C=O) groups is 1. The van der Waals surface area contributed by atoms with E-state index < -0.39 is 6.16 Å². The molecule has 1 atom stereocenters. The quantitative estimate of drug-likeness (QED) is 0.744. The molecule has 0 aromatic heterocycles. The SMILES string of the molecule is CC(C)OC(=O)OC1COC2(CCNCC2)C1. The van der Waals surface area contributed by atoms with Gasteiger partial charge in [0.1, 0.15) is 6.10 Å². The van der Waals surface area contributed by atoms with Crippen LogP contribution < -0.4 is 5.32 Å². The van der Waals surface area contributed by atoms with Gasteiger partial charge >= 0.3 is 6.16 Å². The highest BCUT2D eigenvalue weighted by atomic mass is 16.7. The summed E-state index contributed by atoms with van der Waals surface area (Å²) in [6.07, 6.45) is 1.90. The maximum atomic E-state index is 11.4. The van der Waals surface area contributed by atoms with Gasteiger partial charge in [-0.1, -0.05) is 0 Å². The smallest absolute Gasteiger partial charge is 0.432 e. The van der Waals surface area contributed by atoms with Gasteiger partial charge in [0.25, 0.3) is 0 Å². The van der Waals surface area contributed by atoms with Crippen molar-refractivity contribution in [3.05, 3.63) is 0 Å². The molecule has 0 radical (unpaired) electrons. The Kier molecular flexibility index (Phi) is 3.89. The normalized spacial score (nSPS) is 27.4. The van der Waals surface area contributed by atoms with Gasteiger partial charge in [0.15, 0.2) is 0 Å². The maximum absolute atomic E-state index is 11.4. The van der Waals surface area contributed by atoms with Crippen molar-refractivity contribution in [1.29, 1.82) is 0 Å². The molecule has 2 heterocycles. The van der Waals surface area contributed by atoms with E-state index in [0.717, 1.165) is 32.4 Å². The second-order valence-electron chi connectivity index (χ2n) is 5.10. The van der Waals surface area contributed by atoms with Crippen molar-refractivity contribution < 1.29 is 19.0 Å². The molecule has 1 N–H and O–H groups in total. The summed E-state index contributed by atoms with van der Waals surface area (Å²) in [5.41, 5.74) is -0.0754. The zero-order valence-corrected chi connectivity index (χ0v) is 10.5. The lowest BCUT2D eigenvalue weighted by Crippen LogP contribution is -2.41. The molecule has 2 aliphatic heterocycles. The summed E-state index contributed by atoms with van der Waals surface area (Å²) in [5, 5.41) is 3.31. The van der Waals surface area contributed by atoms with Crippen LogP contribution in [-0.2, 0) is 14.2 Å². The number of carbonyl (C=O) groups excluding carboxylic acids is 1. The first-order valence-corrected chi connectivity index (χ1v) is 6.32. The molecule has 0 aromatic carbocycles. The summed E-state index contributed by atoms with van der Waals surface area (Å²) in [6, 6.07) is 0. The Morgan fingerprint density at radius 2 is 2.12 bits per heavy atom. The van der Waals surface area contributed by atoms with Crippen molar-refractivity contribution in [2.45, 2.75) is 50.9 Å². The predicted octanol–water partition coefficient (Wildman–Crippen LogP) is 1.46. The molecule has 0 aliphatic carbocycles. The van der Waals surface area contributed by atoms with Crippen LogP contribution in [0.15, 0.2) is 0 Å². The third kappa shape index (κ3) is 3.33. The zero-order chi connectivity index (χ0) is 12.3. The number of hydrogen-bond donors (Lipinski definition) is 1. The molecule has 0 aromatic rings. The van der Waals surface area contributed by atoms with E-state index in [1.807, 2.05) is 0 Å². The molecule has 98 valence electrons. The lowest BCUT2D eigenvalue weighted by atomic mass is 9.89. The van der Waals surface area contributed by atoms with Crippen LogP contribution in [0.4, 0.5) is 4.79 Å². The van der Waals surface area contributed by atoms with Gasteiger partial charge < -0.3 is 19.5 Å². The molecule has 1 unspecified atom stereocenters. The van der Waals surface area contributed by atoms with E-state index >= 15 is 0 Å². The van der Waals surface area contributed by atoms with Crippen LogP contribution in [0.3, 0.4) is 0 Å². The summed E-state index contributed by atoms with van der Waals surface area (Å²) < 4.78 is 16.0. The number of rotatable bonds is 2. The van der Waals surface area contributed by atoms with Crippen LogP contribution in [0.5, 0.6) is 0 Å². The minimum Gasteiger partial charge on any atom is -0.432 e. The average Bonchev–Trinajstić information content (AvgIpc) is 2.61. The lowest BCUT2D eigenvalue weighted by molar-refractivity contribution is -0.0245. The van der Waals surface area contributed by atoms with Gasteiger partial charge in [0, 0.05) is 6.42 Å². The number of piperidine rings is 1. The second kappa shape index (κ2) is 5.23. The van der Waals surface area contributed by atoms with E-state index in [-0.39, 0.29) is 17.8 Å². The van der Waals surface area contributed by atoms with Gasteiger partial charge in [-0.15, -0.1) is 0 Å². The molecular formula is C12H21NO4. The Balaban J connectivity index is 1.79. The first-order chi connectivity index (χ1) is 8.10. The van der Waals surface area contributed by atoms with E-state index in [1.165, 1.54) is 0 Å². The standard InChI is InChI=1S/C12H21NO4/c1-9(2)16-11(14)17-10-7-12(15-8-10)3-5-13-6-4-12/h9-10,13H,3-8H2,1-2H3. The summed E-state index contributed by atoms with van der Waals surface area (Å²) in [5.74, 6) is 0. The Bertz CT molecular complexity index is 274. The zero-order valence-electron chi connectivity index (χ0n) is 10.5. The van der Waals surface area contributed by atoms with Crippen LogP contribution in [0, 0.1) is 0 Å². The Morgan fingerprint density at radius 1 is 1.41 bits per heavy atom. The van der Waals surface area contributed by atoms with Gasteiger partial charge in [-0.3, -0.25) is 0 Å². The van der Waals surface area contributed by atoms with Crippen LogP contribution in [0.1, 0.15) is 33.1 Å². The highest BCUT2D eigenvalue weighted by Crippen LogP contribution is 2.35. The number of hydrogen-bond acceptors (Lipinski definition) is 5. The Hall–Kier alpha value is -0.810. The minimum absolute atomic E-state index is 0.0754. The fourth-order valence-electron chi connectivity index (χ4n) is 2.47. The molecule has 0 bridgehead atoms. The molecule has 17 heavy (non-hydrogen) atoms. The van der Waals surface area contributed by atoms with Crippen molar-refractivity contribution in [2.75, 3.05) is 19.7 Å². The average molecular weight is 243 g/mol. The van der Waals surface area contributed by atoms with E-state index in [4.69, 9.17) is 14.2 Å². The van der Waals surface area contributed by atoms with Gasteiger partial charge in [0.2, 0.25) is 0 Å². The monoisotopic (exact) mass is 243 g/mol. The first-order valence-electron chi connectivity index (χ1n) is 6.32. The number of nitrogens with one attached hydrogen (secondary N) is 1. The molecular weight excluding hydrogens is 222 g/mol. The van der Waals surface area contributed by atoms with E-state index in [2.05, 4.69) is 5.32 Å². The molecule has 2 saturated heterocycles. The van der Waals surface area contributed by atoms with Crippen molar-refractivity contribution in [3.63, 3.8) is 0 Å². The third-order valence-corrected chi connectivity index (χ3v) is 3.28. The summed E-state index contributed by atoms with van der Waals surface area (Å²) >= 11 is 0. The van der Waals surface area contributed by atoms with E-state index in [1.54, 1.807) is 13.8 Å². The Labute approximate surface area is 102 Å². The van der Waals surface area contributed by atoms with Gasteiger partial charge in [-0.2, -0.15) is 0 Å². The minimum atomic E-state index is -0.584. The molecule has 0 amide bonds. The molecule has 5 heteroatoms. The van der Waals surface area contributed by atoms with Crippen molar-refractivity contribution in [3.8, 4) is 0 Å². The fourth-order valence-corrected chi connectivity index (χ4v) is 2.47. The lowest BCUT2D eigenvalue weighted by Gasteiger charge is -2.32. The molecule has 5 nitrogen and oxygen atoms in total. The third-order valence-electron chi connectivity index (χ3n) is 3.28. The first kappa shape index (κ1) is 12.6. The van der Waals surface area contributed by atoms with Crippen LogP contribution in [-0.4, -0.2) is 43.7 Å². The maximum Gasteiger partial charge on any atom is 0.508 e. The number of ether oxygens (including phenoxy) is 3. The van der Waals surface area contributed by atoms with Crippen LogP contribution in [0.2, 0.25) is 0 Å². The van der Waals surface area contributed by atoms with Crippen molar-refractivity contribution in [2.24, 2.45) is 0 Å². The summed E-state index contributed by atoms with van der Waals surface area (Å²) in [6.45, 7) is 6.06. The molecule has 1 spiro atoms. The van der Waals surface area contributed by atoms with Crippen molar-refractivity contribution >= 4 is 6.16 Å². The highest BCUT2D eigenvalue weighted by Gasteiger charge is 2.42. The molecule has 2 aliphatic rings. The molecule has 2 rings (SSSR count). The van der Waals surface area contributed by atoms with E-state index in [0.29, 0.717) is 6.61 Å². The predicted molar refractivity (Wildman–Crippen MR) is 61.9 cm³/mol. The second-order valence-corrected chi connectivity index (χ2v) is 5.10. The van der Waals surface area contributed by atoms with Crippen LogP contribution >= 0.6 is 0 Å². The van der Waals surface area contributed by atoms with E-state index in [9.17, 15) is 4.79 Å². The van der Waals surface area contributed by atoms with Crippen molar-refractivity contribution in [1.82, 2.24) is 5.32 Å². The topological polar surface area (TPSA) is 56.8 Å². The fraction of sp³-hybridized carbons (Fsp3) is 0.917.